The van der Waals surface area contributed by atoms with E-state index in [0.29, 0.717) is 43.4 Å². The van der Waals surface area contributed by atoms with Crippen LogP contribution in [0.1, 0.15) is 23.7 Å². The molecule has 2 aromatic rings. The van der Waals surface area contributed by atoms with Gasteiger partial charge in [-0.25, -0.2) is 13.1 Å². The van der Waals surface area contributed by atoms with Gasteiger partial charge in [-0.15, -0.1) is 0 Å². The van der Waals surface area contributed by atoms with E-state index >= 15 is 0 Å². The van der Waals surface area contributed by atoms with Crippen LogP contribution in [0.25, 0.3) is 0 Å². The molecule has 28 heavy (non-hydrogen) atoms. The first-order valence-corrected chi connectivity index (χ1v) is 10.3. The maximum Gasteiger partial charge on any atom is 0.255 e. The highest BCUT2D eigenvalue weighted by molar-refractivity contribution is 7.89. The zero-order chi connectivity index (χ0) is 20.1. The second-order valence-electron chi connectivity index (χ2n) is 6.08. The average Bonchev–Trinajstić information content (AvgIpc) is 2.71. The van der Waals surface area contributed by atoms with E-state index in [2.05, 4.69) is 10.0 Å². The van der Waals surface area contributed by atoms with Crippen LogP contribution in [0.3, 0.4) is 0 Å². The highest BCUT2D eigenvalue weighted by Crippen LogP contribution is 2.33. The Morgan fingerprint density at radius 2 is 1.86 bits per heavy atom. The van der Waals surface area contributed by atoms with Gasteiger partial charge in [0.1, 0.15) is 23.9 Å². The molecule has 9 heteroatoms. The molecule has 0 bridgehead atoms. The van der Waals surface area contributed by atoms with Crippen molar-refractivity contribution >= 4 is 21.6 Å². The molecule has 0 aromatic heterocycles. The summed E-state index contributed by atoms with van der Waals surface area (Å²) in [6.07, 6.45) is 0.645. The number of nitrogens with one attached hydrogen (secondary N) is 2. The molecule has 1 heterocycles. The number of carbonyl (C=O) groups excluding carboxylic acids is 1. The first-order valence-electron chi connectivity index (χ1n) is 8.83. The zero-order valence-corrected chi connectivity index (χ0v) is 16.5. The quantitative estimate of drug-likeness (QED) is 0.732. The van der Waals surface area contributed by atoms with Gasteiger partial charge >= 0.3 is 0 Å². The van der Waals surface area contributed by atoms with Crippen LogP contribution in [-0.2, 0) is 10.0 Å². The van der Waals surface area contributed by atoms with Gasteiger partial charge < -0.3 is 19.5 Å². The van der Waals surface area contributed by atoms with Gasteiger partial charge in [0, 0.05) is 23.9 Å². The molecule has 8 nitrogen and oxygen atoms in total. The third-order valence-corrected chi connectivity index (χ3v) is 5.54. The summed E-state index contributed by atoms with van der Waals surface area (Å²) in [5, 5.41) is 2.74. The topological polar surface area (TPSA) is 103 Å². The summed E-state index contributed by atoms with van der Waals surface area (Å²) < 4.78 is 43.6. The summed E-state index contributed by atoms with van der Waals surface area (Å²) in [7, 11) is -2.42. The van der Waals surface area contributed by atoms with Crippen LogP contribution < -0.4 is 24.2 Å². The largest absolute Gasteiger partial charge is 0.495 e. The average molecular weight is 406 g/mol. The number of sulfonamides is 1. The zero-order valence-electron chi connectivity index (χ0n) is 15.7. The number of methoxy groups -OCH3 is 1. The molecule has 0 fully saturated rings. The van der Waals surface area contributed by atoms with Crippen LogP contribution >= 0.6 is 0 Å². The fourth-order valence-corrected chi connectivity index (χ4v) is 3.99. The normalized spacial score (nSPS) is 13.1. The molecule has 0 saturated carbocycles. The van der Waals surface area contributed by atoms with Crippen molar-refractivity contribution in [2.45, 2.75) is 18.2 Å². The lowest BCUT2D eigenvalue weighted by atomic mass is 10.2. The van der Waals surface area contributed by atoms with Gasteiger partial charge in [0.2, 0.25) is 10.0 Å². The molecule has 3 rings (SSSR count). The molecule has 0 atom stereocenters. The van der Waals surface area contributed by atoms with Crippen molar-refractivity contribution in [3.8, 4) is 17.2 Å². The van der Waals surface area contributed by atoms with Crippen molar-refractivity contribution in [3.63, 3.8) is 0 Å². The highest BCUT2D eigenvalue weighted by Gasteiger charge is 2.21. The Kier molecular flexibility index (Phi) is 6.05. The fraction of sp³-hybridized carbons (Fsp3) is 0.316. The molecular weight excluding hydrogens is 384 g/mol. The van der Waals surface area contributed by atoms with Crippen molar-refractivity contribution in [2.75, 3.05) is 32.2 Å². The van der Waals surface area contributed by atoms with E-state index in [1.165, 1.54) is 25.3 Å². The molecular formula is C19H22N2O6S. The highest BCUT2D eigenvalue weighted by atomic mass is 32.2. The number of anilines is 1. The van der Waals surface area contributed by atoms with Crippen molar-refractivity contribution < 1.29 is 27.4 Å². The smallest absolute Gasteiger partial charge is 0.255 e. The van der Waals surface area contributed by atoms with Crippen LogP contribution in [0, 0.1) is 0 Å². The van der Waals surface area contributed by atoms with Gasteiger partial charge in [-0.2, -0.15) is 0 Å². The van der Waals surface area contributed by atoms with Crippen molar-refractivity contribution in [1.82, 2.24) is 4.72 Å². The van der Waals surface area contributed by atoms with Gasteiger partial charge in [0.15, 0.2) is 11.5 Å². The molecule has 0 unspecified atom stereocenters. The predicted molar refractivity (Wildman–Crippen MR) is 104 cm³/mol. The van der Waals surface area contributed by atoms with Crippen LogP contribution in [0.2, 0.25) is 0 Å². The van der Waals surface area contributed by atoms with Gasteiger partial charge in [0.05, 0.1) is 7.11 Å². The predicted octanol–water partition coefficient (Wildman–Crippen LogP) is 2.41. The number of rotatable bonds is 7. The summed E-state index contributed by atoms with van der Waals surface area (Å²) in [6, 6.07) is 9.32. The minimum atomic E-state index is -3.80. The molecule has 0 aliphatic carbocycles. The van der Waals surface area contributed by atoms with E-state index in [0.717, 1.165) is 0 Å². The monoisotopic (exact) mass is 406 g/mol. The van der Waals surface area contributed by atoms with Crippen LogP contribution in [0.4, 0.5) is 5.69 Å². The lowest BCUT2D eigenvalue weighted by Crippen LogP contribution is -2.25. The molecule has 2 N–H and O–H groups in total. The summed E-state index contributed by atoms with van der Waals surface area (Å²) in [5.41, 5.74) is 0.700. The summed E-state index contributed by atoms with van der Waals surface area (Å²) >= 11 is 0. The minimum Gasteiger partial charge on any atom is -0.495 e. The molecule has 0 radical (unpaired) electrons. The van der Waals surface area contributed by atoms with E-state index in [1.54, 1.807) is 18.2 Å². The molecule has 2 aromatic carbocycles. The van der Waals surface area contributed by atoms with Crippen molar-refractivity contribution in [1.29, 1.82) is 0 Å². The Labute approximate surface area is 163 Å². The SMILES string of the molecule is CCCNS(=O)(=O)c1cc(C(=O)Nc2ccc3c(c2)OCCO3)ccc1OC. The van der Waals surface area contributed by atoms with Gasteiger partial charge in [-0.05, 0) is 36.8 Å². The lowest BCUT2D eigenvalue weighted by Gasteiger charge is -2.19. The van der Waals surface area contributed by atoms with E-state index in [9.17, 15) is 13.2 Å². The van der Waals surface area contributed by atoms with Gasteiger partial charge in [-0.3, -0.25) is 4.79 Å². The minimum absolute atomic E-state index is 0.0849. The molecule has 1 amide bonds. The number of fused-ring (bicyclic) bond motifs is 1. The van der Waals surface area contributed by atoms with Gasteiger partial charge in [-0.1, -0.05) is 6.92 Å². The number of benzene rings is 2. The third-order valence-electron chi connectivity index (χ3n) is 4.06. The van der Waals surface area contributed by atoms with Crippen LogP contribution in [0.15, 0.2) is 41.3 Å². The Morgan fingerprint density at radius 1 is 1.11 bits per heavy atom. The van der Waals surface area contributed by atoms with Crippen molar-refractivity contribution in [2.24, 2.45) is 0 Å². The Hall–Kier alpha value is -2.78. The lowest BCUT2D eigenvalue weighted by molar-refractivity contribution is 0.102. The summed E-state index contributed by atoms with van der Waals surface area (Å²) in [4.78, 5) is 12.6. The second kappa shape index (κ2) is 8.49. The van der Waals surface area contributed by atoms with Crippen LogP contribution in [0.5, 0.6) is 17.2 Å². The summed E-state index contributed by atoms with van der Waals surface area (Å²) in [6.45, 7) is 3.07. The van der Waals surface area contributed by atoms with E-state index in [-0.39, 0.29) is 16.2 Å². The Balaban J connectivity index is 1.85. The number of hydrogen-bond donors (Lipinski definition) is 2. The molecule has 1 aliphatic heterocycles. The molecule has 150 valence electrons. The molecule has 0 saturated heterocycles. The number of hydrogen-bond acceptors (Lipinski definition) is 6. The van der Waals surface area contributed by atoms with E-state index in [4.69, 9.17) is 14.2 Å². The first-order chi connectivity index (χ1) is 13.4. The molecule has 0 spiro atoms. The third kappa shape index (κ3) is 4.37. The Morgan fingerprint density at radius 3 is 2.57 bits per heavy atom. The molecule has 1 aliphatic rings. The van der Waals surface area contributed by atoms with E-state index in [1.807, 2.05) is 6.92 Å². The second-order valence-corrected chi connectivity index (χ2v) is 7.81. The Bertz CT molecular complexity index is 974. The maximum atomic E-state index is 12.6. The van der Waals surface area contributed by atoms with E-state index < -0.39 is 15.9 Å². The first kappa shape index (κ1) is 20.0. The van der Waals surface area contributed by atoms with Crippen molar-refractivity contribution in [3.05, 3.63) is 42.0 Å². The summed E-state index contributed by atoms with van der Waals surface area (Å²) in [5.74, 6) is 0.876. The van der Waals surface area contributed by atoms with Gasteiger partial charge in [0.25, 0.3) is 5.91 Å². The fourth-order valence-electron chi connectivity index (χ4n) is 2.67. The number of amides is 1. The number of ether oxygens (including phenoxy) is 3. The standard InChI is InChI=1S/C19H22N2O6S/c1-3-8-20-28(23,24)18-11-13(4-6-16(18)25-2)19(22)21-14-5-7-15-17(12-14)27-10-9-26-15/h4-7,11-12,20H,3,8-10H2,1-2H3,(H,21,22). The maximum absolute atomic E-state index is 12.6. The van der Waals surface area contributed by atoms with Crippen LogP contribution in [-0.4, -0.2) is 41.2 Å². The number of carbonyl (C=O) groups is 1.